The highest BCUT2D eigenvalue weighted by Crippen LogP contribution is 2.31. The lowest BCUT2D eigenvalue weighted by atomic mass is 9.97. The van der Waals surface area contributed by atoms with Gasteiger partial charge < -0.3 is 28.4 Å². The monoisotopic (exact) mass is 596 g/mol. The summed E-state index contributed by atoms with van der Waals surface area (Å²) in [6.07, 6.45) is -0.622. The van der Waals surface area contributed by atoms with Gasteiger partial charge in [0, 0.05) is 6.61 Å². The Kier molecular flexibility index (Phi) is 13.0. The number of hydrogen-bond donors (Lipinski definition) is 0. The van der Waals surface area contributed by atoms with E-state index >= 15 is 0 Å². The number of rotatable bonds is 17. The maximum Gasteiger partial charge on any atom is 0.186 e. The van der Waals surface area contributed by atoms with E-state index in [2.05, 4.69) is 55.5 Å². The van der Waals surface area contributed by atoms with E-state index in [0.29, 0.717) is 39.6 Å². The van der Waals surface area contributed by atoms with Gasteiger partial charge in [-0.05, 0) is 28.7 Å². The maximum atomic E-state index is 6.74. The molecule has 3 unspecified atom stereocenters. The third-order valence-electron chi connectivity index (χ3n) is 7.62. The van der Waals surface area contributed by atoms with Gasteiger partial charge in [-0.2, -0.15) is 0 Å². The molecule has 0 amide bonds. The molecule has 5 atom stereocenters. The lowest BCUT2D eigenvalue weighted by Crippen LogP contribution is -2.61. The molecule has 1 heterocycles. The zero-order valence-electron chi connectivity index (χ0n) is 25.5. The minimum atomic E-state index is -0.645. The van der Waals surface area contributed by atoms with Gasteiger partial charge in [0.1, 0.15) is 24.4 Å². The standard InChI is InChI=1S/C38H44O6/c1-2-3-24-40-38-37(43-28-33-22-14-7-15-23-33)36(42-27-32-20-12-6-13-21-32)35(41-26-31-18-10-5-11-19-31)34(44-38)29-39-25-30-16-8-4-9-17-30/h4-23,34-38H,2-3,24-29H2,1H3/t34?,35-,36?,37?,38-/m1/s1. The van der Waals surface area contributed by atoms with Gasteiger partial charge in [-0.15, -0.1) is 0 Å². The highest BCUT2D eigenvalue weighted by Gasteiger charge is 2.49. The topological polar surface area (TPSA) is 55.4 Å². The second-order valence-electron chi connectivity index (χ2n) is 11.1. The predicted molar refractivity (Wildman–Crippen MR) is 171 cm³/mol. The third kappa shape index (κ3) is 9.83. The maximum absolute atomic E-state index is 6.74. The Balaban J connectivity index is 1.41. The first-order chi connectivity index (χ1) is 21.8. The van der Waals surface area contributed by atoms with Gasteiger partial charge in [-0.3, -0.25) is 0 Å². The molecular weight excluding hydrogens is 552 g/mol. The largest absolute Gasteiger partial charge is 0.374 e. The molecule has 0 aromatic heterocycles. The summed E-state index contributed by atoms with van der Waals surface area (Å²) >= 11 is 0. The minimum absolute atomic E-state index is 0.318. The van der Waals surface area contributed by atoms with Crippen molar-refractivity contribution < 1.29 is 28.4 Å². The molecule has 0 bridgehead atoms. The smallest absolute Gasteiger partial charge is 0.186 e. The van der Waals surface area contributed by atoms with Crippen molar-refractivity contribution in [2.45, 2.75) is 76.9 Å². The van der Waals surface area contributed by atoms with Crippen LogP contribution in [0.25, 0.3) is 0 Å². The quantitative estimate of drug-likeness (QED) is 0.118. The summed E-state index contributed by atoms with van der Waals surface area (Å²) in [6.45, 7) is 4.70. The molecule has 1 aliphatic rings. The summed E-state index contributed by atoms with van der Waals surface area (Å²) in [4.78, 5) is 0. The van der Waals surface area contributed by atoms with Crippen molar-refractivity contribution in [1.29, 1.82) is 0 Å². The average molecular weight is 597 g/mol. The van der Waals surface area contributed by atoms with Crippen molar-refractivity contribution in [1.82, 2.24) is 0 Å². The van der Waals surface area contributed by atoms with E-state index in [1.165, 1.54) is 0 Å². The Bertz CT molecular complexity index is 1300. The van der Waals surface area contributed by atoms with E-state index in [1.807, 2.05) is 72.8 Å². The number of benzene rings is 4. The van der Waals surface area contributed by atoms with Crippen molar-refractivity contribution in [2.24, 2.45) is 0 Å². The molecule has 6 nitrogen and oxygen atoms in total. The molecule has 0 radical (unpaired) electrons. The molecule has 0 spiro atoms. The first kappa shape index (κ1) is 32.0. The van der Waals surface area contributed by atoms with Gasteiger partial charge in [-0.25, -0.2) is 0 Å². The number of ether oxygens (including phenoxy) is 6. The first-order valence-corrected chi connectivity index (χ1v) is 15.7. The summed E-state index contributed by atoms with van der Waals surface area (Å²) in [7, 11) is 0. The minimum Gasteiger partial charge on any atom is -0.374 e. The summed E-state index contributed by atoms with van der Waals surface area (Å²) in [5, 5.41) is 0. The van der Waals surface area contributed by atoms with E-state index < -0.39 is 30.7 Å². The first-order valence-electron chi connectivity index (χ1n) is 15.7. The molecule has 1 saturated heterocycles. The van der Waals surface area contributed by atoms with Crippen molar-refractivity contribution in [3.63, 3.8) is 0 Å². The van der Waals surface area contributed by atoms with Crippen molar-refractivity contribution in [3.05, 3.63) is 144 Å². The van der Waals surface area contributed by atoms with Crippen LogP contribution in [0.3, 0.4) is 0 Å². The molecule has 4 aromatic rings. The van der Waals surface area contributed by atoms with Crippen molar-refractivity contribution >= 4 is 0 Å². The van der Waals surface area contributed by atoms with Gasteiger partial charge in [-0.1, -0.05) is 135 Å². The zero-order chi connectivity index (χ0) is 30.2. The van der Waals surface area contributed by atoms with Crippen LogP contribution in [0, 0.1) is 0 Å². The Morgan fingerprint density at radius 1 is 0.500 bits per heavy atom. The van der Waals surface area contributed by atoms with E-state index in [-0.39, 0.29) is 0 Å². The highest BCUT2D eigenvalue weighted by atomic mass is 16.7. The Labute approximate surface area is 261 Å². The second kappa shape index (κ2) is 17.8. The summed E-state index contributed by atoms with van der Waals surface area (Å²) in [6, 6.07) is 40.6. The number of hydrogen-bond acceptors (Lipinski definition) is 6. The predicted octanol–water partition coefficient (Wildman–Crippen LogP) is 7.50. The molecule has 0 aliphatic carbocycles. The molecule has 1 aliphatic heterocycles. The normalized spacial score (nSPS) is 21.7. The van der Waals surface area contributed by atoms with Gasteiger partial charge in [0.25, 0.3) is 0 Å². The summed E-state index contributed by atoms with van der Waals surface area (Å²) in [5.74, 6) is 0. The van der Waals surface area contributed by atoms with Crippen LogP contribution in [0.15, 0.2) is 121 Å². The summed E-state index contributed by atoms with van der Waals surface area (Å²) in [5.41, 5.74) is 4.31. The van der Waals surface area contributed by atoms with Gasteiger partial charge in [0.05, 0.1) is 33.0 Å². The molecule has 6 heteroatoms. The third-order valence-corrected chi connectivity index (χ3v) is 7.62. The van der Waals surface area contributed by atoms with Crippen molar-refractivity contribution in [2.75, 3.05) is 13.2 Å². The van der Waals surface area contributed by atoms with Crippen LogP contribution in [0.5, 0.6) is 0 Å². The van der Waals surface area contributed by atoms with Gasteiger partial charge >= 0.3 is 0 Å². The molecule has 1 fully saturated rings. The fourth-order valence-corrected chi connectivity index (χ4v) is 5.23. The Hall–Kier alpha value is -3.36. The lowest BCUT2D eigenvalue weighted by Gasteiger charge is -2.46. The van der Waals surface area contributed by atoms with Crippen LogP contribution >= 0.6 is 0 Å². The van der Waals surface area contributed by atoms with E-state index in [9.17, 15) is 0 Å². The van der Waals surface area contributed by atoms with Crippen LogP contribution in [0.2, 0.25) is 0 Å². The second-order valence-corrected chi connectivity index (χ2v) is 11.1. The van der Waals surface area contributed by atoms with Crippen molar-refractivity contribution in [3.8, 4) is 0 Å². The van der Waals surface area contributed by atoms with Gasteiger partial charge in [0.2, 0.25) is 0 Å². The zero-order valence-corrected chi connectivity index (χ0v) is 25.5. The van der Waals surface area contributed by atoms with E-state index in [4.69, 9.17) is 28.4 Å². The van der Waals surface area contributed by atoms with Gasteiger partial charge in [0.15, 0.2) is 6.29 Å². The molecule has 44 heavy (non-hydrogen) atoms. The van der Waals surface area contributed by atoms with Crippen LogP contribution in [0.1, 0.15) is 42.0 Å². The number of unbranched alkanes of at least 4 members (excludes halogenated alkanes) is 1. The molecular formula is C38H44O6. The SMILES string of the molecule is CCCCO[C@@H]1OC(COCc2ccccc2)[C@@H](OCc2ccccc2)C(OCc2ccccc2)C1OCc1ccccc1. The fraction of sp³-hybridized carbons (Fsp3) is 0.368. The lowest BCUT2D eigenvalue weighted by molar-refractivity contribution is -0.328. The van der Waals surface area contributed by atoms with Crippen LogP contribution in [0.4, 0.5) is 0 Å². The molecule has 5 rings (SSSR count). The summed E-state index contributed by atoms with van der Waals surface area (Å²) < 4.78 is 39.3. The fourth-order valence-electron chi connectivity index (χ4n) is 5.23. The molecule has 4 aromatic carbocycles. The van der Waals surface area contributed by atoms with Crippen LogP contribution < -0.4 is 0 Å². The van der Waals surface area contributed by atoms with Crippen LogP contribution in [-0.2, 0) is 54.8 Å². The Morgan fingerprint density at radius 3 is 1.41 bits per heavy atom. The molecule has 0 N–H and O–H groups in total. The Morgan fingerprint density at radius 2 is 0.932 bits per heavy atom. The van der Waals surface area contributed by atoms with E-state index in [0.717, 1.165) is 35.1 Å². The highest BCUT2D eigenvalue weighted by molar-refractivity contribution is 5.16. The van der Waals surface area contributed by atoms with E-state index in [1.54, 1.807) is 0 Å². The van der Waals surface area contributed by atoms with Crippen LogP contribution in [-0.4, -0.2) is 43.9 Å². The molecule has 232 valence electrons. The molecule has 0 saturated carbocycles. The average Bonchev–Trinajstić information content (AvgIpc) is 3.08.